The van der Waals surface area contributed by atoms with Crippen molar-refractivity contribution in [3.63, 3.8) is 0 Å². The van der Waals surface area contributed by atoms with Gasteiger partial charge in [0.05, 0.1) is 11.2 Å². The molecule has 0 amide bonds. The third-order valence-corrected chi connectivity index (χ3v) is 5.64. The number of likely N-dealkylation sites (N-methyl/N-ethyl adjacent to an activating group) is 1. The van der Waals surface area contributed by atoms with Crippen molar-refractivity contribution in [2.75, 3.05) is 44.8 Å². The Hall–Kier alpha value is -2.34. The number of aliphatic hydroxyl groups is 1. The van der Waals surface area contributed by atoms with Crippen molar-refractivity contribution in [3.05, 3.63) is 53.6 Å². The van der Waals surface area contributed by atoms with E-state index in [1.807, 2.05) is 49.5 Å². The standard InChI is InChI=1S/C23H26ClN3O2/c1-25-9-11-29-19-5-2-17(3-6-19)21-13-23(27-10-8-16(14-27)15-28)20-7-4-18(24)12-22(20)26-21/h2-7,12-13,16,25,28H,8-11,14-15H2,1H3. The summed E-state index contributed by atoms with van der Waals surface area (Å²) in [5.74, 6) is 1.17. The van der Waals surface area contributed by atoms with E-state index >= 15 is 0 Å². The maximum Gasteiger partial charge on any atom is 0.119 e. The maximum atomic E-state index is 9.54. The first kappa shape index (κ1) is 20.0. The highest BCUT2D eigenvalue weighted by molar-refractivity contribution is 6.31. The van der Waals surface area contributed by atoms with Crippen LogP contribution in [-0.4, -0.2) is 50.0 Å². The van der Waals surface area contributed by atoms with E-state index in [1.165, 1.54) is 0 Å². The van der Waals surface area contributed by atoms with Gasteiger partial charge in [0.1, 0.15) is 12.4 Å². The summed E-state index contributed by atoms with van der Waals surface area (Å²) in [6.45, 7) is 3.46. The highest BCUT2D eigenvalue weighted by Crippen LogP contribution is 2.35. The van der Waals surface area contributed by atoms with E-state index in [2.05, 4.69) is 16.3 Å². The summed E-state index contributed by atoms with van der Waals surface area (Å²) in [6.07, 6.45) is 1.00. The van der Waals surface area contributed by atoms with Crippen LogP contribution in [0.25, 0.3) is 22.2 Å². The largest absolute Gasteiger partial charge is 0.492 e. The zero-order valence-corrected chi connectivity index (χ0v) is 17.3. The lowest BCUT2D eigenvalue weighted by molar-refractivity contribution is 0.238. The van der Waals surface area contributed by atoms with Crippen molar-refractivity contribution in [2.24, 2.45) is 5.92 Å². The molecule has 1 fully saturated rings. The molecule has 1 atom stereocenters. The quantitative estimate of drug-likeness (QED) is 0.576. The van der Waals surface area contributed by atoms with Crippen molar-refractivity contribution >= 4 is 28.2 Å². The van der Waals surface area contributed by atoms with Crippen LogP contribution in [0.1, 0.15) is 6.42 Å². The summed E-state index contributed by atoms with van der Waals surface area (Å²) in [5.41, 5.74) is 3.97. The summed E-state index contributed by atoms with van der Waals surface area (Å²) in [5, 5.41) is 14.4. The number of fused-ring (bicyclic) bond motifs is 1. The van der Waals surface area contributed by atoms with Gasteiger partial charge in [-0.15, -0.1) is 0 Å². The number of rotatable bonds is 7. The minimum atomic E-state index is 0.229. The van der Waals surface area contributed by atoms with E-state index in [0.29, 0.717) is 17.5 Å². The van der Waals surface area contributed by atoms with Crippen molar-refractivity contribution in [1.29, 1.82) is 0 Å². The van der Waals surface area contributed by atoms with Crippen molar-refractivity contribution in [2.45, 2.75) is 6.42 Å². The number of hydrogen-bond donors (Lipinski definition) is 2. The molecule has 1 aromatic heterocycles. The van der Waals surface area contributed by atoms with Gasteiger partial charge >= 0.3 is 0 Å². The van der Waals surface area contributed by atoms with E-state index in [9.17, 15) is 5.11 Å². The molecule has 4 rings (SSSR count). The van der Waals surface area contributed by atoms with Crippen LogP contribution in [0.5, 0.6) is 5.75 Å². The second-order valence-electron chi connectivity index (χ2n) is 7.45. The molecule has 6 heteroatoms. The summed E-state index contributed by atoms with van der Waals surface area (Å²) < 4.78 is 5.72. The highest BCUT2D eigenvalue weighted by atomic mass is 35.5. The van der Waals surface area contributed by atoms with Crippen LogP contribution in [0.3, 0.4) is 0 Å². The SMILES string of the molecule is CNCCOc1ccc(-c2cc(N3CCC(CO)C3)c3ccc(Cl)cc3n2)cc1. The maximum absolute atomic E-state index is 9.54. The molecule has 1 saturated heterocycles. The summed E-state index contributed by atoms with van der Waals surface area (Å²) in [6, 6.07) is 16.0. The topological polar surface area (TPSA) is 57.6 Å². The van der Waals surface area contributed by atoms with Crippen LogP contribution in [0.15, 0.2) is 48.5 Å². The number of nitrogens with one attached hydrogen (secondary N) is 1. The molecule has 152 valence electrons. The molecule has 2 heterocycles. The molecular formula is C23H26ClN3O2. The van der Waals surface area contributed by atoms with Crippen LogP contribution < -0.4 is 15.0 Å². The highest BCUT2D eigenvalue weighted by Gasteiger charge is 2.24. The van der Waals surface area contributed by atoms with Crippen molar-refractivity contribution in [1.82, 2.24) is 10.3 Å². The Morgan fingerprint density at radius 2 is 2.03 bits per heavy atom. The van der Waals surface area contributed by atoms with E-state index in [4.69, 9.17) is 21.3 Å². The predicted molar refractivity (Wildman–Crippen MR) is 119 cm³/mol. The van der Waals surface area contributed by atoms with Gasteiger partial charge in [-0.1, -0.05) is 11.6 Å². The van der Waals surface area contributed by atoms with Gasteiger partial charge in [0.25, 0.3) is 0 Å². The Morgan fingerprint density at radius 1 is 1.21 bits per heavy atom. The van der Waals surface area contributed by atoms with Gasteiger partial charge in [-0.25, -0.2) is 4.98 Å². The average molecular weight is 412 g/mol. The fraction of sp³-hybridized carbons (Fsp3) is 0.348. The summed E-state index contributed by atoms with van der Waals surface area (Å²) in [7, 11) is 1.91. The molecule has 5 nitrogen and oxygen atoms in total. The van der Waals surface area contributed by atoms with E-state index in [1.54, 1.807) is 0 Å². The Morgan fingerprint density at radius 3 is 2.76 bits per heavy atom. The molecule has 0 spiro atoms. The normalized spacial score (nSPS) is 16.5. The Kier molecular flexibility index (Phi) is 6.19. The second kappa shape index (κ2) is 8.99. The number of pyridine rings is 1. The first-order chi connectivity index (χ1) is 14.2. The molecule has 0 bridgehead atoms. The van der Waals surface area contributed by atoms with Gasteiger partial charge in [0.15, 0.2) is 0 Å². The number of aliphatic hydroxyl groups excluding tert-OH is 1. The minimum Gasteiger partial charge on any atom is -0.492 e. The van der Waals surface area contributed by atoms with Crippen molar-refractivity contribution in [3.8, 4) is 17.0 Å². The number of ether oxygens (including phenoxy) is 1. The zero-order valence-electron chi connectivity index (χ0n) is 16.6. The first-order valence-electron chi connectivity index (χ1n) is 10.0. The molecule has 0 aliphatic carbocycles. The number of anilines is 1. The van der Waals surface area contributed by atoms with Crippen LogP contribution in [-0.2, 0) is 0 Å². The van der Waals surface area contributed by atoms with Crippen LogP contribution in [0.2, 0.25) is 5.02 Å². The Balaban J connectivity index is 1.69. The van der Waals surface area contributed by atoms with E-state index in [-0.39, 0.29) is 6.61 Å². The Labute approximate surface area is 176 Å². The molecule has 0 saturated carbocycles. The summed E-state index contributed by atoms with van der Waals surface area (Å²) in [4.78, 5) is 7.22. The fourth-order valence-corrected chi connectivity index (χ4v) is 3.95. The lowest BCUT2D eigenvalue weighted by atomic mass is 10.1. The number of hydrogen-bond acceptors (Lipinski definition) is 5. The molecule has 3 aromatic rings. The van der Waals surface area contributed by atoms with E-state index < -0.39 is 0 Å². The van der Waals surface area contributed by atoms with Gasteiger partial charge in [-0.2, -0.15) is 0 Å². The average Bonchev–Trinajstić information content (AvgIpc) is 3.22. The number of halogens is 1. The lowest BCUT2D eigenvalue weighted by Gasteiger charge is -2.21. The number of benzene rings is 2. The minimum absolute atomic E-state index is 0.229. The molecule has 2 aromatic carbocycles. The number of nitrogens with zero attached hydrogens (tertiary/aromatic N) is 2. The molecule has 29 heavy (non-hydrogen) atoms. The third-order valence-electron chi connectivity index (χ3n) is 5.41. The van der Waals surface area contributed by atoms with Crippen LogP contribution >= 0.6 is 11.6 Å². The molecule has 1 unspecified atom stereocenters. The molecule has 0 radical (unpaired) electrons. The van der Waals surface area contributed by atoms with E-state index in [0.717, 1.165) is 59.7 Å². The lowest BCUT2D eigenvalue weighted by Crippen LogP contribution is -2.21. The number of aromatic nitrogens is 1. The molecule has 2 N–H and O–H groups in total. The smallest absolute Gasteiger partial charge is 0.119 e. The van der Waals surface area contributed by atoms with Gasteiger partial charge < -0.3 is 20.1 Å². The molecule has 1 aliphatic heterocycles. The van der Waals surface area contributed by atoms with Gasteiger partial charge in [0.2, 0.25) is 0 Å². The van der Waals surface area contributed by atoms with Gasteiger partial charge in [-0.05, 0) is 62.0 Å². The first-order valence-corrected chi connectivity index (χ1v) is 10.4. The van der Waals surface area contributed by atoms with Gasteiger partial charge in [-0.3, -0.25) is 0 Å². The molecular weight excluding hydrogens is 386 g/mol. The monoisotopic (exact) mass is 411 g/mol. The Bertz CT molecular complexity index is 978. The molecule has 1 aliphatic rings. The van der Waals surface area contributed by atoms with Gasteiger partial charge in [0, 0.05) is 53.8 Å². The van der Waals surface area contributed by atoms with Crippen LogP contribution in [0.4, 0.5) is 5.69 Å². The summed E-state index contributed by atoms with van der Waals surface area (Å²) >= 11 is 6.25. The fourth-order valence-electron chi connectivity index (χ4n) is 3.79. The van der Waals surface area contributed by atoms with Crippen molar-refractivity contribution < 1.29 is 9.84 Å². The third kappa shape index (κ3) is 4.47. The zero-order chi connectivity index (χ0) is 20.2. The second-order valence-corrected chi connectivity index (χ2v) is 7.88. The van der Waals surface area contributed by atoms with Crippen LogP contribution in [0, 0.1) is 5.92 Å². The predicted octanol–water partition coefficient (Wildman–Crippen LogP) is 3.97.